The summed E-state index contributed by atoms with van der Waals surface area (Å²) < 4.78 is 6.15. The maximum Gasteiger partial charge on any atom is 0.437 e. The van der Waals surface area contributed by atoms with Crippen LogP contribution in [0.25, 0.3) is 11.5 Å². The number of unbranched alkanes of at least 4 members (excludes halogenated alkanes) is 2. The second kappa shape index (κ2) is 8.31. The van der Waals surface area contributed by atoms with Gasteiger partial charge in [-0.1, -0.05) is 44.4 Å². The van der Waals surface area contributed by atoms with Crippen LogP contribution in [0, 0.1) is 0 Å². The Hall–Kier alpha value is -2.37. The lowest BCUT2D eigenvalue weighted by Crippen LogP contribution is -2.37. The number of carbonyl (C=O) groups is 1. The minimum Gasteiger partial charge on any atom is -0.388 e. The zero-order valence-electron chi connectivity index (χ0n) is 13.6. The van der Waals surface area contributed by atoms with Crippen molar-refractivity contribution in [1.29, 1.82) is 0 Å². The van der Waals surface area contributed by atoms with Gasteiger partial charge >= 0.3 is 5.76 Å². The van der Waals surface area contributed by atoms with Gasteiger partial charge in [0, 0.05) is 11.6 Å². The predicted molar refractivity (Wildman–Crippen MR) is 87.9 cm³/mol. The molecule has 0 aliphatic carbocycles. The molecular weight excluding hydrogens is 294 g/mol. The Morgan fingerprint density at radius 3 is 2.74 bits per heavy atom. The fraction of sp³-hybridized carbons (Fsp3) is 0.471. The summed E-state index contributed by atoms with van der Waals surface area (Å²) in [6.07, 6.45) is 4.32. The van der Waals surface area contributed by atoms with Crippen molar-refractivity contribution in [3.05, 3.63) is 40.9 Å². The molecule has 0 fully saturated rings. The Bertz CT molecular complexity index is 676. The first-order valence-electron chi connectivity index (χ1n) is 8.03. The highest BCUT2D eigenvalue weighted by atomic mass is 16.4. The minimum atomic E-state index is -0.627. The van der Waals surface area contributed by atoms with E-state index in [2.05, 4.69) is 17.3 Å². The molecule has 1 atom stereocenters. The van der Waals surface area contributed by atoms with Gasteiger partial charge in [-0.15, -0.1) is 5.10 Å². The molecule has 1 heterocycles. The molecule has 0 saturated carbocycles. The van der Waals surface area contributed by atoms with Crippen LogP contribution in [0.3, 0.4) is 0 Å². The van der Waals surface area contributed by atoms with E-state index in [0.29, 0.717) is 5.56 Å². The van der Waals surface area contributed by atoms with Crippen LogP contribution in [0.1, 0.15) is 39.5 Å². The van der Waals surface area contributed by atoms with E-state index in [9.17, 15) is 9.59 Å². The van der Waals surface area contributed by atoms with Crippen LogP contribution >= 0.6 is 0 Å². The van der Waals surface area contributed by atoms with E-state index in [1.807, 2.05) is 25.1 Å². The summed E-state index contributed by atoms with van der Waals surface area (Å²) in [6, 6.07) is 9.21. The van der Waals surface area contributed by atoms with E-state index in [-0.39, 0.29) is 24.4 Å². The Balaban J connectivity index is 1.94. The lowest BCUT2D eigenvalue weighted by Gasteiger charge is -2.13. The van der Waals surface area contributed by atoms with Crippen molar-refractivity contribution in [1.82, 2.24) is 15.1 Å². The van der Waals surface area contributed by atoms with Crippen LogP contribution in [0.15, 0.2) is 39.5 Å². The second-order valence-electron chi connectivity index (χ2n) is 5.66. The summed E-state index contributed by atoms with van der Waals surface area (Å²) in [6.45, 7) is 3.98. The van der Waals surface area contributed by atoms with Crippen molar-refractivity contribution in [2.45, 2.75) is 52.1 Å². The summed E-state index contributed by atoms with van der Waals surface area (Å²) in [5.41, 5.74) is 0.705. The number of amides is 1. The number of aromatic nitrogens is 2. The largest absolute Gasteiger partial charge is 0.437 e. The summed E-state index contributed by atoms with van der Waals surface area (Å²) in [4.78, 5) is 23.8. The quantitative estimate of drug-likeness (QED) is 0.759. The molecule has 0 spiro atoms. The maximum atomic E-state index is 12.0. The molecule has 1 N–H and O–H groups in total. The average molecular weight is 317 g/mol. The van der Waals surface area contributed by atoms with Crippen molar-refractivity contribution in [2.75, 3.05) is 0 Å². The van der Waals surface area contributed by atoms with Crippen molar-refractivity contribution in [3.63, 3.8) is 0 Å². The molecule has 0 radical (unpaired) electrons. The van der Waals surface area contributed by atoms with Gasteiger partial charge in [-0.3, -0.25) is 4.79 Å². The monoisotopic (exact) mass is 317 g/mol. The Morgan fingerprint density at radius 1 is 1.30 bits per heavy atom. The number of carbonyl (C=O) groups excluding carboxylic acids is 1. The van der Waals surface area contributed by atoms with Crippen LogP contribution < -0.4 is 11.1 Å². The fourth-order valence-electron chi connectivity index (χ4n) is 2.33. The van der Waals surface area contributed by atoms with E-state index in [1.54, 1.807) is 12.1 Å². The van der Waals surface area contributed by atoms with Crippen molar-refractivity contribution in [3.8, 4) is 11.5 Å². The predicted octanol–water partition coefficient (Wildman–Crippen LogP) is 2.59. The molecule has 1 aromatic carbocycles. The third-order valence-electron chi connectivity index (χ3n) is 3.57. The SMILES string of the molecule is CCCCCC(C)NC(=O)Cn1nc(-c2ccccc2)oc1=O. The summed E-state index contributed by atoms with van der Waals surface area (Å²) in [5.74, 6) is -0.638. The number of benzene rings is 1. The number of hydrogen-bond acceptors (Lipinski definition) is 4. The average Bonchev–Trinajstić information content (AvgIpc) is 2.89. The van der Waals surface area contributed by atoms with Crippen molar-refractivity contribution in [2.24, 2.45) is 0 Å². The molecule has 1 amide bonds. The van der Waals surface area contributed by atoms with Crippen LogP contribution in [0.2, 0.25) is 0 Å². The van der Waals surface area contributed by atoms with Gasteiger partial charge in [0.25, 0.3) is 0 Å². The topological polar surface area (TPSA) is 77.1 Å². The van der Waals surface area contributed by atoms with Gasteiger partial charge < -0.3 is 9.73 Å². The van der Waals surface area contributed by atoms with Gasteiger partial charge in [0.05, 0.1) is 0 Å². The van der Waals surface area contributed by atoms with Gasteiger partial charge in [0.15, 0.2) is 0 Å². The smallest absolute Gasteiger partial charge is 0.388 e. The Kier molecular flexibility index (Phi) is 6.14. The summed E-state index contributed by atoms with van der Waals surface area (Å²) in [7, 11) is 0. The zero-order valence-corrected chi connectivity index (χ0v) is 13.6. The molecule has 0 bridgehead atoms. The molecule has 0 aliphatic rings. The van der Waals surface area contributed by atoms with Gasteiger partial charge in [-0.05, 0) is 25.5 Å². The molecule has 0 aliphatic heterocycles. The van der Waals surface area contributed by atoms with Gasteiger partial charge in [0.1, 0.15) is 6.54 Å². The molecule has 124 valence electrons. The minimum absolute atomic E-state index is 0.0882. The van der Waals surface area contributed by atoms with Crippen molar-refractivity contribution >= 4 is 5.91 Å². The van der Waals surface area contributed by atoms with E-state index < -0.39 is 5.76 Å². The van der Waals surface area contributed by atoms with Crippen LogP contribution in [0.5, 0.6) is 0 Å². The molecule has 2 aromatic rings. The van der Waals surface area contributed by atoms with Crippen LogP contribution in [-0.2, 0) is 11.3 Å². The van der Waals surface area contributed by atoms with E-state index in [0.717, 1.165) is 30.4 Å². The van der Waals surface area contributed by atoms with E-state index in [4.69, 9.17) is 4.42 Å². The molecular formula is C17H23N3O3. The molecule has 0 saturated heterocycles. The molecule has 23 heavy (non-hydrogen) atoms. The number of rotatable bonds is 8. The highest BCUT2D eigenvalue weighted by Gasteiger charge is 2.14. The lowest BCUT2D eigenvalue weighted by molar-refractivity contribution is -0.122. The van der Waals surface area contributed by atoms with E-state index >= 15 is 0 Å². The highest BCUT2D eigenvalue weighted by molar-refractivity contribution is 5.75. The standard InChI is InChI=1S/C17H23N3O3/c1-3-4-6-9-13(2)18-15(21)12-20-17(22)23-16(19-20)14-10-7-5-8-11-14/h5,7-8,10-11,13H,3-4,6,9,12H2,1-2H3,(H,18,21). The van der Waals surface area contributed by atoms with Gasteiger partial charge in [0.2, 0.25) is 11.8 Å². The number of hydrogen-bond donors (Lipinski definition) is 1. The third-order valence-corrected chi connectivity index (χ3v) is 3.57. The van der Waals surface area contributed by atoms with Crippen LogP contribution in [0.4, 0.5) is 0 Å². The summed E-state index contributed by atoms with van der Waals surface area (Å²) >= 11 is 0. The van der Waals surface area contributed by atoms with Gasteiger partial charge in [-0.25, -0.2) is 4.79 Å². The zero-order chi connectivity index (χ0) is 16.7. The third kappa shape index (κ3) is 5.09. The maximum absolute atomic E-state index is 12.0. The van der Waals surface area contributed by atoms with Crippen molar-refractivity contribution < 1.29 is 9.21 Å². The fourth-order valence-corrected chi connectivity index (χ4v) is 2.33. The number of nitrogens with one attached hydrogen (secondary N) is 1. The number of nitrogens with zero attached hydrogens (tertiary/aromatic N) is 2. The van der Waals surface area contributed by atoms with Crippen LogP contribution in [-0.4, -0.2) is 21.7 Å². The normalized spacial score (nSPS) is 12.1. The molecule has 2 rings (SSSR count). The molecule has 1 unspecified atom stereocenters. The first kappa shape index (κ1) is 17.0. The van der Waals surface area contributed by atoms with E-state index in [1.165, 1.54) is 0 Å². The first-order valence-corrected chi connectivity index (χ1v) is 8.03. The summed E-state index contributed by atoms with van der Waals surface area (Å²) in [5, 5.41) is 6.96. The lowest BCUT2D eigenvalue weighted by atomic mass is 10.1. The first-order chi connectivity index (χ1) is 11.1. The van der Waals surface area contributed by atoms with Gasteiger partial charge in [-0.2, -0.15) is 4.68 Å². The molecule has 6 nitrogen and oxygen atoms in total. The second-order valence-corrected chi connectivity index (χ2v) is 5.66. The Morgan fingerprint density at radius 2 is 2.04 bits per heavy atom. The molecule has 6 heteroatoms. The highest BCUT2D eigenvalue weighted by Crippen LogP contribution is 2.13. The Labute approximate surface area is 135 Å². The molecule has 1 aromatic heterocycles.